The third-order valence-electron chi connectivity index (χ3n) is 3.88. The van der Waals surface area contributed by atoms with E-state index in [2.05, 4.69) is 29.1 Å². The van der Waals surface area contributed by atoms with Crippen molar-refractivity contribution in [1.82, 2.24) is 10.2 Å². The van der Waals surface area contributed by atoms with Crippen LogP contribution in [-0.4, -0.2) is 52.3 Å². The van der Waals surface area contributed by atoms with Crippen LogP contribution in [0.25, 0.3) is 0 Å². The molecule has 6 heteroatoms. The first-order valence-corrected chi connectivity index (χ1v) is 8.31. The lowest BCUT2D eigenvalue weighted by atomic mass is 10.1. The van der Waals surface area contributed by atoms with Gasteiger partial charge in [-0.15, -0.1) is 0 Å². The molecule has 0 saturated carbocycles. The number of nitrogens with one attached hydrogen (secondary N) is 1. The molecule has 1 rings (SSSR count). The van der Waals surface area contributed by atoms with Crippen molar-refractivity contribution in [3.05, 3.63) is 23.8 Å². The second kappa shape index (κ2) is 10.0. The average molecular weight is 336 g/mol. The predicted molar refractivity (Wildman–Crippen MR) is 99.9 cm³/mol. The average Bonchev–Trinajstić information content (AvgIpc) is 2.54. The summed E-state index contributed by atoms with van der Waals surface area (Å²) < 4.78 is 10.7. The first kappa shape index (κ1) is 20.1. The number of hydrogen-bond donors (Lipinski definition) is 2. The van der Waals surface area contributed by atoms with Gasteiger partial charge in [-0.05, 0) is 44.1 Å². The van der Waals surface area contributed by atoms with Gasteiger partial charge in [0, 0.05) is 6.54 Å². The van der Waals surface area contributed by atoms with E-state index >= 15 is 0 Å². The third kappa shape index (κ3) is 6.28. The fourth-order valence-electron chi connectivity index (χ4n) is 2.36. The maximum absolute atomic E-state index is 5.96. The zero-order valence-corrected chi connectivity index (χ0v) is 15.8. The third-order valence-corrected chi connectivity index (χ3v) is 3.88. The molecule has 1 aromatic rings. The summed E-state index contributed by atoms with van der Waals surface area (Å²) >= 11 is 0. The number of rotatable bonds is 9. The minimum absolute atomic E-state index is 0.107. The molecule has 0 radical (unpaired) electrons. The van der Waals surface area contributed by atoms with Gasteiger partial charge in [0.2, 0.25) is 0 Å². The molecule has 6 nitrogen and oxygen atoms in total. The van der Waals surface area contributed by atoms with E-state index in [4.69, 9.17) is 15.2 Å². The maximum Gasteiger partial charge on any atom is 0.188 e. The van der Waals surface area contributed by atoms with Crippen molar-refractivity contribution in [3.8, 4) is 11.5 Å². The number of nitrogens with two attached hydrogens (primary N) is 1. The normalized spacial score (nSPS) is 13.2. The molecule has 24 heavy (non-hydrogen) atoms. The van der Waals surface area contributed by atoms with Gasteiger partial charge in [-0.25, -0.2) is 0 Å². The summed E-state index contributed by atoms with van der Waals surface area (Å²) in [6, 6.07) is 6.04. The molecule has 3 N–H and O–H groups in total. The van der Waals surface area contributed by atoms with Gasteiger partial charge in [0.05, 0.1) is 26.8 Å². The molecule has 1 atom stereocenters. The highest BCUT2D eigenvalue weighted by Gasteiger charge is 2.16. The summed E-state index contributed by atoms with van der Waals surface area (Å²) in [7, 11) is 7.33. The van der Waals surface area contributed by atoms with Gasteiger partial charge in [-0.3, -0.25) is 4.99 Å². The number of aliphatic imine (C=N–C) groups is 1. The number of likely N-dealkylation sites (N-methyl/N-ethyl adjacent to an activating group) is 1. The fourth-order valence-corrected chi connectivity index (χ4v) is 2.36. The van der Waals surface area contributed by atoms with Crippen LogP contribution in [0, 0.1) is 5.92 Å². The van der Waals surface area contributed by atoms with Crippen molar-refractivity contribution < 1.29 is 9.47 Å². The van der Waals surface area contributed by atoms with Crippen molar-refractivity contribution in [2.24, 2.45) is 16.6 Å². The van der Waals surface area contributed by atoms with Crippen LogP contribution >= 0.6 is 0 Å². The number of hydrogen-bond acceptors (Lipinski definition) is 4. The highest BCUT2D eigenvalue weighted by atomic mass is 16.5. The van der Waals surface area contributed by atoms with Gasteiger partial charge in [0.25, 0.3) is 0 Å². The maximum atomic E-state index is 5.96. The molecule has 0 saturated heterocycles. The van der Waals surface area contributed by atoms with Crippen molar-refractivity contribution >= 4 is 5.96 Å². The summed E-state index contributed by atoms with van der Waals surface area (Å²) in [6.07, 6.45) is 1.07. The van der Waals surface area contributed by atoms with Gasteiger partial charge < -0.3 is 25.4 Å². The molecular weight excluding hydrogens is 304 g/mol. The van der Waals surface area contributed by atoms with Crippen LogP contribution in [0.1, 0.15) is 31.9 Å². The van der Waals surface area contributed by atoms with E-state index < -0.39 is 0 Å². The van der Waals surface area contributed by atoms with E-state index in [1.54, 1.807) is 14.2 Å². The molecule has 1 unspecified atom stereocenters. The molecule has 0 amide bonds. The molecule has 0 aromatic heterocycles. The summed E-state index contributed by atoms with van der Waals surface area (Å²) in [5.74, 6) is 2.57. The van der Waals surface area contributed by atoms with Gasteiger partial charge in [-0.2, -0.15) is 0 Å². The zero-order chi connectivity index (χ0) is 18.1. The Kier molecular flexibility index (Phi) is 8.40. The second-order valence-electron chi connectivity index (χ2n) is 6.43. The molecule has 1 aromatic carbocycles. The highest BCUT2D eigenvalue weighted by molar-refractivity contribution is 5.77. The smallest absolute Gasteiger partial charge is 0.188 e. The number of guanidine groups is 1. The molecule has 0 fully saturated rings. The van der Waals surface area contributed by atoms with Crippen LogP contribution in [0.2, 0.25) is 0 Å². The summed E-state index contributed by atoms with van der Waals surface area (Å²) in [4.78, 5) is 6.60. The molecular formula is C18H32N4O2. The van der Waals surface area contributed by atoms with E-state index in [9.17, 15) is 0 Å². The van der Waals surface area contributed by atoms with E-state index in [1.165, 1.54) is 0 Å². The van der Waals surface area contributed by atoms with Crippen molar-refractivity contribution in [2.75, 3.05) is 41.4 Å². The van der Waals surface area contributed by atoms with Gasteiger partial charge in [-0.1, -0.05) is 19.9 Å². The van der Waals surface area contributed by atoms with Crippen LogP contribution in [-0.2, 0) is 0 Å². The fraction of sp³-hybridized carbons (Fsp3) is 0.611. The van der Waals surface area contributed by atoms with Gasteiger partial charge >= 0.3 is 0 Å². The first-order valence-electron chi connectivity index (χ1n) is 8.31. The number of methoxy groups -OCH3 is 2. The van der Waals surface area contributed by atoms with E-state index in [0.29, 0.717) is 24.2 Å². The largest absolute Gasteiger partial charge is 0.493 e. The Morgan fingerprint density at radius 1 is 1.21 bits per heavy atom. The minimum Gasteiger partial charge on any atom is -0.493 e. The SMILES string of the molecule is COc1ccc(C(CN=C(N)NCCC(C)C)N(C)C)cc1OC. The highest BCUT2D eigenvalue weighted by Crippen LogP contribution is 2.31. The summed E-state index contributed by atoms with van der Waals surface area (Å²) in [5, 5.41) is 3.17. The number of nitrogens with zero attached hydrogens (tertiary/aromatic N) is 2. The lowest BCUT2D eigenvalue weighted by Crippen LogP contribution is -2.34. The standard InChI is InChI=1S/C18H32N4O2/c1-13(2)9-10-20-18(19)21-12-15(22(3)4)14-7-8-16(23-5)17(11-14)24-6/h7-8,11,13,15H,9-10,12H2,1-6H3,(H3,19,20,21). The van der Waals surface area contributed by atoms with Crippen molar-refractivity contribution in [3.63, 3.8) is 0 Å². The topological polar surface area (TPSA) is 72.1 Å². The Labute approximate surface area is 146 Å². The summed E-state index contributed by atoms with van der Waals surface area (Å²) in [6.45, 7) is 5.79. The van der Waals surface area contributed by atoms with Crippen LogP contribution in [0.3, 0.4) is 0 Å². The number of ether oxygens (including phenoxy) is 2. The van der Waals surface area contributed by atoms with Crippen molar-refractivity contribution in [1.29, 1.82) is 0 Å². The predicted octanol–water partition coefficient (Wildman–Crippen LogP) is 2.26. The molecule has 0 bridgehead atoms. The summed E-state index contributed by atoms with van der Waals surface area (Å²) in [5.41, 5.74) is 7.07. The van der Waals surface area contributed by atoms with Crippen LogP contribution in [0.5, 0.6) is 11.5 Å². The second-order valence-corrected chi connectivity index (χ2v) is 6.43. The number of benzene rings is 1. The van der Waals surface area contributed by atoms with Gasteiger partial charge in [0.1, 0.15) is 0 Å². The van der Waals surface area contributed by atoms with Crippen LogP contribution in [0.4, 0.5) is 0 Å². The molecule has 0 aliphatic carbocycles. The Bertz CT molecular complexity index is 530. The molecule has 0 heterocycles. The molecule has 0 aliphatic rings. The van der Waals surface area contributed by atoms with E-state index in [1.807, 2.05) is 32.3 Å². The minimum atomic E-state index is 0.107. The Hall–Kier alpha value is -1.95. The quantitative estimate of drug-likeness (QED) is 0.534. The monoisotopic (exact) mass is 336 g/mol. The molecule has 136 valence electrons. The van der Waals surface area contributed by atoms with E-state index in [0.717, 1.165) is 24.3 Å². The Balaban J connectivity index is 2.80. The molecule has 0 aliphatic heterocycles. The lowest BCUT2D eigenvalue weighted by Gasteiger charge is -2.24. The van der Waals surface area contributed by atoms with Crippen LogP contribution in [0.15, 0.2) is 23.2 Å². The van der Waals surface area contributed by atoms with E-state index in [-0.39, 0.29) is 6.04 Å². The van der Waals surface area contributed by atoms with Crippen molar-refractivity contribution in [2.45, 2.75) is 26.3 Å². The lowest BCUT2D eigenvalue weighted by molar-refractivity contribution is 0.303. The Morgan fingerprint density at radius 2 is 1.88 bits per heavy atom. The zero-order valence-electron chi connectivity index (χ0n) is 15.8. The van der Waals surface area contributed by atoms with Gasteiger partial charge in [0.15, 0.2) is 17.5 Å². The van der Waals surface area contributed by atoms with Crippen LogP contribution < -0.4 is 20.5 Å². The Morgan fingerprint density at radius 3 is 2.42 bits per heavy atom. The molecule has 0 spiro atoms. The first-order chi connectivity index (χ1) is 11.4.